The van der Waals surface area contributed by atoms with E-state index in [9.17, 15) is 14.7 Å². The summed E-state index contributed by atoms with van der Waals surface area (Å²) in [6, 6.07) is 17.4. The van der Waals surface area contributed by atoms with E-state index in [1.54, 1.807) is 0 Å². The molecule has 1 spiro atoms. The van der Waals surface area contributed by atoms with Gasteiger partial charge in [-0.25, -0.2) is 0 Å². The summed E-state index contributed by atoms with van der Waals surface area (Å²) >= 11 is 3.48. The Hall–Kier alpha value is -1.98. The molecule has 1 saturated carbocycles. The summed E-state index contributed by atoms with van der Waals surface area (Å²) in [5.41, 5.74) is 0.840. The monoisotopic (exact) mass is 427 g/mol. The molecule has 2 aromatic carbocycles. The lowest BCUT2D eigenvalue weighted by atomic mass is 9.65. The maximum Gasteiger partial charge on any atom is 0.239 e. The van der Waals surface area contributed by atoms with Crippen molar-refractivity contribution in [3.8, 4) is 0 Å². The van der Waals surface area contributed by atoms with Gasteiger partial charge in [-0.3, -0.25) is 9.59 Å². The van der Waals surface area contributed by atoms with Crippen LogP contribution in [-0.2, 0) is 16.1 Å². The Bertz CT molecular complexity index is 869. The van der Waals surface area contributed by atoms with E-state index >= 15 is 0 Å². The third-order valence-electron chi connectivity index (χ3n) is 5.96. The molecular formula is C22H22BrNO3. The minimum absolute atomic E-state index is 0.0161. The Morgan fingerprint density at radius 2 is 1.89 bits per heavy atom. The lowest BCUT2D eigenvalue weighted by Gasteiger charge is -2.47. The molecule has 1 N–H and O–H groups in total. The number of ketones is 1. The van der Waals surface area contributed by atoms with Crippen LogP contribution in [0, 0.1) is 5.41 Å². The summed E-state index contributed by atoms with van der Waals surface area (Å²) in [5, 5.41) is 10.8. The second kappa shape index (κ2) is 7.21. The number of rotatable bonds is 3. The molecule has 5 heteroatoms. The SMILES string of the molecule is O=C1CCC[C@@]12C(=O)N(Cc1ccccc1)[C@H](O)C[C@@H]2c1cccc(Br)c1. The molecule has 2 aromatic rings. The van der Waals surface area contributed by atoms with E-state index in [4.69, 9.17) is 0 Å². The molecule has 3 atom stereocenters. The van der Waals surface area contributed by atoms with E-state index in [0.717, 1.165) is 22.0 Å². The number of aliphatic hydroxyl groups is 1. The van der Waals surface area contributed by atoms with Crippen molar-refractivity contribution in [3.05, 3.63) is 70.2 Å². The molecule has 0 unspecified atom stereocenters. The van der Waals surface area contributed by atoms with Crippen LogP contribution in [0.5, 0.6) is 0 Å². The van der Waals surface area contributed by atoms with Crippen molar-refractivity contribution in [2.24, 2.45) is 5.41 Å². The van der Waals surface area contributed by atoms with Crippen LogP contribution in [0.3, 0.4) is 0 Å². The van der Waals surface area contributed by atoms with E-state index in [0.29, 0.717) is 25.8 Å². The van der Waals surface area contributed by atoms with Crippen molar-refractivity contribution in [1.82, 2.24) is 4.90 Å². The number of hydrogen-bond donors (Lipinski definition) is 1. The Kier molecular flexibility index (Phi) is 4.91. The third-order valence-corrected chi connectivity index (χ3v) is 6.46. The van der Waals surface area contributed by atoms with Gasteiger partial charge in [0.25, 0.3) is 0 Å². The van der Waals surface area contributed by atoms with Gasteiger partial charge in [-0.05, 0) is 36.1 Å². The molecule has 140 valence electrons. The van der Waals surface area contributed by atoms with E-state index in [-0.39, 0.29) is 17.6 Å². The Morgan fingerprint density at radius 3 is 2.56 bits per heavy atom. The second-order valence-corrected chi connectivity index (χ2v) is 8.41. The summed E-state index contributed by atoms with van der Waals surface area (Å²) < 4.78 is 0.911. The van der Waals surface area contributed by atoms with Gasteiger partial charge >= 0.3 is 0 Å². The molecule has 0 radical (unpaired) electrons. The molecule has 1 aliphatic carbocycles. The molecule has 1 heterocycles. The fourth-order valence-corrected chi connectivity index (χ4v) is 5.08. The lowest BCUT2D eigenvalue weighted by molar-refractivity contribution is -0.169. The standard InChI is InChI=1S/C22H22BrNO3/c23-17-9-4-8-16(12-17)18-13-20(26)24(14-15-6-2-1-3-7-15)21(27)22(18)11-5-10-19(22)25/h1-4,6-9,12,18,20,26H,5,10-11,13-14H2/t18-,20-,22+/m1/s1. The summed E-state index contributed by atoms with van der Waals surface area (Å²) in [4.78, 5) is 28.1. The fourth-order valence-electron chi connectivity index (χ4n) is 4.67. The molecule has 1 amide bonds. The fraction of sp³-hybridized carbons (Fsp3) is 0.364. The topological polar surface area (TPSA) is 57.6 Å². The zero-order valence-electron chi connectivity index (χ0n) is 15.0. The van der Waals surface area contributed by atoms with E-state index in [1.165, 1.54) is 4.90 Å². The van der Waals surface area contributed by atoms with Crippen LogP contribution in [0.1, 0.15) is 42.7 Å². The molecule has 1 aliphatic heterocycles. The minimum Gasteiger partial charge on any atom is -0.373 e. The molecule has 1 saturated heterocycles. The average Bonchev–Trinajstić information content (AvgIpc) is 3.05. The quantitative estimate of drug-likeness (QED) is 0.752. The van der Waals surface area contributed by atoms with Crippen molar-refractivity contribution in [2.75, 3.05) is 0 Å². The van der Waals surface area contributed by atoms with Crippen LogP contribution >= 0.6 is 15.9 Å². The molecule has 4 nitrogen and oxygen atoms in total. The van der Waals surface area contributed by atoms with Gasteiger partial charge in [0, 0.05) is 29.8 Å². The predicted octanol–water partition coefficient (Wildman–Crippen LogP) is 4.02. The largest absolute Gasteiger partial charge is 0.373 e. The number of nitrogens with zero attached hydrogens (tertiary/aromatic N) is 1. The van der Waals surface area contributed by atoms with Gasteiger partial charge in [0.1, 0.15) is 17.4 Å². The number of amides is 1. The van der Waals surface area contributed by atoms with Crippen molar-refractivity contribution in [1.29, 1.82) is 0 Å². The number of piperidine rings is 1. The molecule has 0 aromatic heterocycles. The first-order valence-corrected chi connectivity index (χ1v) is 10.1. The summed E-state index contributed by atoms with van der Waals surface area (Å²) in [6.45, 7) is 0.321. The molecule has 4 rings (SSSR count). The highest BCUT2D eigenvalue weighted by molar-refractivity contribution is 9.10. The Morgan fingerprint density at radius 1 is 1.11 bits per heavy atom. The zero-order chi connectivity index (χ0) is 19.0. The normalized spacial score (nSPS) is 28.1. The number of hydrogen-bond acceptors (Lipinski definition) is 3. The number of benzene rings is 2. The first-order valence-electron chi connectivity index (χ1n) is 9.34. The Balaban J connectivity index is 1.74. The van der Waals surface area contributed by atoms with Gasteiger partial charge in [-0.1, -0.05) is 58.4 Å². The van der Waals surface area contributed by atoms with Gasteiger partial charge in [0.05, 0.1) is 0 Å². The number of carbonyl (C=O) groups is 2. The number of carbonyl (C=O) groups excluding carboxylic acids is 2. The van der Waals surface area contributed by atoms with E-state index < -0.39 is 11.6 Å². The van der Waals surface area contributed by atoms with Gasteiger partial charge < -0.3 is 10.0 Å². The second-order valence-electron chi connectivity index (χ2n) is 7.49. The minimum atomic E-state index is -1.05. The van der Waals surface area contributed by atoms with Crippen LogP contribution in [-0.4, -0.2) is 27.9 Å². The number of likely N-dealkylation sites (tertiary alicyclic amines) is 1. The number of aliphatic hydroxyl groups excluding tert-OH is 1. The maximum atomic E-state index is 13.6. The molecule has 27 heavy (non-hydrogen) atoms. The van der Waals surface area contributed by atoms with Crippen molar-refractivity contribution >= 4 is 27.6 Å². The first-order chi connectivity index (χ1) is 13.0. The summed E-state index contributed by atoms with van der Waals surface area (Å²) in [7, 11) is 0. The highest BCUT2D eigenvalue weighted by atomic mass is 79.9. The van der Waals surface area contributed by atoms with Crippen molar-refractivity contribution in [2.45, 2.75) is 44.4 Å². The average molecular weight is 428 g/mol. The van der Waals surface area contributed by atoms with Gasteiger partial charge in [0.2, 0.25) is 5.91 Å². The van der Waals surface area contributed by atoms with Crippen molar-refractivity contribution < 1.29 is 14.7 Å². The van der Waals surface area contributed by atoms with Crippen LogP contribution in [0.15, 0.2) is 59.1 Å². The predicted molar refractivity (Wildman–Crippen MR) is 106 cm³/mol. The zero-order valence-corrected chi connectivity index (χ0v) is 16.6. The first kappa shape index (κ1) is 18.4. The number of Topliss-reactive ketones (excluding diaryl/α,β-unsaturated/α-hetero) is 1. The van der Waals surface area contributed by atoms with Gasteiger partial charge in [-0.2, -0.15) is 0 Å². The van der Waals surface area contributed by atoms with E-state index in [1.807, 2.05) is 54.6 Å². The third kappa shape index (κ3) is 3.13. The highest BCUT2D eigenvalue weighted by Gasteiger charge is 2.59. The highest BCUT2D eigenvalue weighted by Crippen LogP contribution is 2.53. The summed E-state index contributed by atoms with van der Waals surface area (Å²) in [5.74, 6) is -0.500. The smallest absolute Gasteiger partial charge is 0.239 e. The van der Waals surface area contributed by atoms with Crippen LogP contribution in [0.2, 0.25) is 0 Å². The van der Waals surface area contributed by atoms with Crippen molar-refractivity contribution in [3.63, 3.8) is 0 Å². The maximum absolute atomic E-state index is 13.6. The molecule has 2 fully saturated rings. The van der Waals surface area contributed by atoms with E-state index in [2.05, 4.69) is 15.9 Å². The van der Waals surface area contributed by atoms with Crippen LogP contribution in [0.4, 0.5) is 0 Å². The Labute approximate surface area is 167 Å². The summed E-state index contributed by atoms with van der Waals surface area (Å²) in [6.07, 6.45) is 1.19. The number of halogens is 1. The van der Waals surface area contributed by atoms with Gasteiger partial charge in [-0.15, -0.1) is 0 Å². The molecule has 0 bridgehead atoms. The van der Waals surface area contributed by atoms with Crippen LogP contribution in [0.25, 0.3) is 0 Å². The van der Waals surface area contributed by atoms with Gasteiger partial charge in [0.15, 0.2) is 0 Å². The van der Waals surface area contributed by atoms with Crippen LogP contribution < -0.4 is 0 Å². The molecular weight excluding hydrogens is 406 g/mol. The molecule has 2 aliphatic rings. The lowest BCUT2D eigenvalue weighted by Crippen LogP contribution is -2.58.